The molecule has 1 amide bonds. The highest BCUT2D eigenvalue weighted by molar-refractivity contribution is 5.95. The Labute approximate surface area is 183 Å². The van der Waals surface area contributed by atoms with Crippen LogP contribution in [0.4, 0.5) is 17.1 Å². The van der Waals surface area contributed by atoms with E-state index in [1.54, 1.807) is 6.08 Å². The van der Waals surface area contributed by atoms with Crippen LogP contribution in [0.15, 0.2) is 60.7 Å². The molecule has 2 atom stereocenters. The Balaban J connectivity index is 1.33. The molecule has 1 N–H and O–H groups in total. The van der Waals surface area contributed by atoms with E-state index < -0.39 is 17.8 Å². The molecule has 0 unspecified atom stereocenters. The summed E-state index contributed by atoms with van der Waals surface area (Å²) < 4.78 is 0. The number of hydrogen-bond donors (Lipinski definition) is 1. The molecule has 6 heteroatoms. The molecular formula is C25H28N3O3-. The summed E-state index contributed by atoms with van der Waals surface area (Å²) in [5.41, 5.74) is 4.33. The first-order chi connectivity index (χ1) is 15.0. The second-order valence-electron chi connectivity index (χ2n) is 8.32. The highest BCUT2D eigenvalue weighted by atomic mass is 16.4. The van der Waals surface area contributed by atoms with E-state index >= 15 is 0 Å². The van der Waals surface area contributed by atoms with Crippen LogP contribution in [0.3, 0.4) is 0 Å². The third-order valence-electron chi connectivity index (χ3n) is 6.25. The minimum Gasteiger partial charge on any atom is -0.550 e. The Kier molecular flexibility index (Phi) is 6.26. The molecule has 0 saturated carbocycles. The minimum atomic E-state index is -1.16. The molecule has 0 aromatic heterocycles. The fourth-order valence-electron chi connectivity index (χ4n) is 4.33. The van der Waals surface area contributed by atoms with Gasteiger partial charge in [0, 0.05) is 55.1 Å². The number of carbonyl (C=O) groups excluding carboxylic acids is 2. The quantitative estimate of drug-likeness (QED) is 0.756. The first-order valence-electron chi connectivity index (χ1n) is 10.8. The van der Waals surface area contributed by atoms with Crippen LogP contribution < -0.4 is 20.2 Å². The lowest BCUT2D eigenvalue weighted by atomic mass is 9.82. The number of hydrogen-bond acceptors (Lipinski definition) is 5. The Morgan fingerprint density at radius 2 is 1.29 bits per heavy atom. The Morgan fingerprint density at radius 3 is 1.81 bits per heavy atom. The zero-order chi connectivity index (χ0) is 21.8. The molecular weight excluding hydrogens is 390 g/mol. The van der Waals surface area contributed by atoms with Crippen molar-refractivity contribution in [3.63, 3.8) is 0 Å². The van der Waals surface area contributed by atoms with Crippen LogP contribution in [0.5, 0.6) is 0 Å². The summed E-state index contributed by atoms with van der Waals surface area (Å²) in [5.74, 6) is -2.79. The smallest absolute Gasteiger partial charge is 0.228 e. The second kappa shape index (κ2) is 9.25. The fraction of sp³-hybridized carbons (Fsp3) is 0.360. The maximum absolute atomic E-state index is 12.6. The molecule has 0 bridgehead atoms. The lowest BCUT2D eigenvalue weighted by Gasteiger charge is -2.37. The van der Waals surface area contributed by atoms with Gasteiger partial charge in [0.15, 0.2) is 0 Å². The van der Waals surface area contributed by atoms with Crippen LogP contribution in [0, 0.1) is 18.8 Å². The van der Waals surface area contributed by atoms with Crippen molar-refractivity contribution in [3.05, 3.63) is 66.2 Å². The topological polar surface area (TPSA) is 75.7 Å². The van der Waals surface area contributed by atoms with E-state index in [0.717, 1.165) is 31.9 Å². The summed E-state index contributed by atoms with van der Waals surface area (Å²) in [4.78, 5) is 28.7. The summed E-state index contributed by atoms with van der Waals surface area (Å²) in [7, 11) is 0. The number of amides is 1. The van der Waals surface area contributed by atoms with Gasteiger partial charge in [-0.2, -0.15) is 0 Å². The average molecular weight is 419 g/mol. The largest absolute Gasteiger partial charge is 0.550 e. The van der Waals surface area contributed by atoms with Gasteiger partial charge in [-0.25, -0.2) is 0 Å². The van der Waals surface area contributed by atoms with E-state index in [4.69, 9.17) is 0 Å². The van der Waals surface area contributed by atoms with E-state index in [1.807, 2.05) is 30.3 Å². The number of nitrogens with one attached hydrogen (secondary N) is 1. The van der Waals surface area contributed by atoms with Crippen LogP contribution in [0.1, 0.15) is 18.4 Å². The summed E-state index contributed by atoms with van der Waals surface area (Å²) in [6.07, 6.45) is 4.43. The van der Waals surface area contributed by atoms with Crippen LogP contribution >= 0.6 is 0 Å². The molecule has 1 aliphatic heterocycles. The number of benzene rings is 2. The van der Waals surface area contributed by atoms with Crippen molar-refractivity contribution < 1.29 is 14.7 Å². The predicted molar refractivity (Wildman–Crippen MR) is 121 cm³/mol. The fourth-order valence-corrected chi connectivity index (χ4v) is 4.33. The molecule has 4 rings (SSSR count). The van der Waals surface area contributed by atoms with E-state index in [1.165, 1.54) is 11.3 Å². The van der Waals surface area contributed by atoms with Crippen LogP contribution in [0.25, 0.3) is 0 Å². The van der Waals surface area contributed by atoms with Gasteiger partial charge in [-0.15, -0.1) is 0 Å². The van der Waals surface area contributed by atoms with E-state index in [0.29, 0.717) is 18.5 Å². The Bertz CT molecular complexity index is 945. The zero-order valence-electron chi connectivity index (χ0n) is 17.8. The molecule has 1 aliphatic carbocycles. The number of nitrogens with zero attached hydrogens (tertiary/aromatic N) is 2. The van der Waals surface area contributed by atoms with Crippen molar-refractivity contribution in [2.24, 2.45) is 11.8 Å². The summed E-state index contributed by atoms with van der Waals surface area (Å²) in [5, 5.41) is 14.2. The number of carbonyl (C=O) groups is 2. The number of rotatable bonds is 5. The van der Waals surface area contributed by atoms with Gasteiger partial charge in [-0.3, -0.25) is 4.79 Å². The van der Waals surface area contributed by atoms with Gasteiger partial charge in [0.25, 0.3) is 0 Å². The predicted octanol–water partition coefficient (Wildman–Crippen LogP) is 2.59. The number of carboxylic acids is 1. The van der Waals surface area contributed by atoms with Crippen molar-refractivity contribution >= 4 is 28.9 Å². The van der Waals surface area contributed by atoms with Gasteiger partial charge < -0.3 is 25.0 Å². The molecule has 0 spiro atoms. The normalized spacial score (nSPS) is 21.1. The highest BCUT2D eigenvalue weighted by Gasteiger charge is 2.29. The SMILES string of the molecule is Cc1ccc(N2CCN(c3ccc(NC(=O)[C@@H]4CC=CC[C@H]4C(=O)[O-])cc3)CC2)cc1. The van der Waals surface area contributed by atoms with Crippen molar-refractivity contribution in [3.8, 4) is 0 Å². The standard InChI is InChI=1S/C25H29N3O3/c1-18-6-10-20(11-7-18)27-14-16-28(17-15-27)21-12-8-19(9-13-21)26-24(29)22-4-2-3-5-23(22)25(30)31/h2-3,6-13,22-23H,4-5,14-17H2,1H3,(H,26,29)(H,30,31)/p-1/t22-,23-/m1/s1. The van der Waals surface area contributed by atoms with Gasteiger partial charge in [0.1, 0.15) is 0 Å². The van der Waals surface area contributed by atoms with Crippen LogP contribution in [0.2, 0.25) is 0 Å². The third kappa shape index (κ3) is 4.90. The third-order valence-corrected chi connectivity index (χ3v) is 6.25. The van der Waals surface area contributed by atoms with Crippen LogP contribution in [-0.2, 0) is 9.59 Å². The van der Waals surface area contributed by atoms with E-state index in [-0.39, 0.29) is 5.91 Å². The molecule has 2 aromatic rings. The summed E-state index contributed by atoms with van der Waals surface area (Å²) in [6.45, 7) is 5.88. The lowest BCUT2D eigenvalue weighted by Crippen LogP contribution is -2.46. The van der Waals surface area contributed by atoms with Gasteiger partial charge in [0.2, 0.25) is 5.91 Å². The van der Waals surface area contributed by atoms with Crippen molar-refractivity contribution in [1.29, 1.82) is 0 Å². The highest BCUT2D eigenvalue weighted by Crippen LogP contribution is 2.27. The maximum atomic E-state index is 12.6. The zero-order valence-corrected chi connectivity index (χ0v) is 17.8. The van der Waals surface area contributed by atoms with Gasteiger partial charge in [0.05, 0.1) is 5.92 Å². The molecule has 0 radical (unpaired) electrons. The number of aryl methyl sites for hydroxylation is 1. The molecule has 1 heterocycles. The molecule has 2 aromatic carbocycles. The number of piperazine rings is 1. The van der Waals surface area contributed by atoms with Crippen molar-refractivity contribution in [2.45, 2.75) is 19.8 Å². The molecule has 1 fully saturated rings. The number of aliphatic carboxylic acids is 1. The molecule has 162 valence electrons. The molecule has 2 aliphatic rings. The lowest BCUT2D eigenvalue weighted by molar-refractivity contribution is -0.313. The molecule has 1 saturated heterocycles. The van der Waals surface area contributed by atoms with Crippen LogP contribution in [-0.4, -0.2) is 38.1 Å². The van der Waals surface area contributed by atoms with E-state index in [2.05, 4.69) is 46.3 Å². The number of carboxylic acid groups (broad SMARTS) is 1. The van der Waals surface area contributed by atoms with Crippen molar-refractivity contribution in [2.75, 3.05) is 41.3 Å². The van der Waals surface area contributed by atoms with E-state index in [9.17, 15) is 14.7 Å². The van der Waals surface area contributed by atoms with Gasteiger partial charge in [-0.1, -0.05) is 29.8 Å². The van der Waals surface area contributed by atoms with Gasteiger partial charge >= 0.3 is 0 Å². The molecule has 31 heavy (non-hydrogen) atoms. The van der Waals surface area contributed by atoms with Gasteiger partial charge in [-0.05, 0) is 56.2 Å². The Morgan fingerprint density at radius 1 is 0.806 bits per heavy atom. The minimum absolute atomic E-state index is 0.266. The summed E-state index contributed by atoms with van der Waals surface area (Å²) >= 11 is 0. The Hall–Kier alpha value is -3.28. The van der Waals surface area contributed by atoms with Crippen molar-refractivity contribution in [1.82, 2.24) is 0 Å². The maximum Gasteiger partial charge on any atom is 0.228 e. The number of anilines is 3. The molecule has 6 nitrogen and oxygen atoms in total. The summed E-state index contributed by atoms with van der Waals surface area (Å²) in [6, 6.07) is 16.4. The monoisotopic (exact) mass is 418 g/mol. The first-order valence-corrected chi connectivity index (χ1v) is 10.8. The number of allylic oxidation sites excluding steroid dienone is 2. The second-order valence-corrected chi connectivity index (χ2v) is 8.32. The average Bonchev–Trinajstić information content (AvgIpc) is 2.80. The first kappa shape index (κ1) is 21.0.